The van der Waals surface area contributed by atoms with Gasteiger partial charge in [0, 0.05) is 24.7 Å². The Bertz CT molecular complexity index is 1260. The molecule has 1 aliphatic heterocycles. The van der Waals surface area contributed by atoms with Crippen molar-refractivity contribution in [3.05, 3.63) is 72.1 Å². The molecule has 2 heterocycles. The van der Waals surface area contributed by atoms with E-state index in [9.17, 15) is 22.8 Å². The largest absolute Gasteiger partial charge is 0.573 e. The van der Waals surface area contributed by atoms with Crippen LogP contribution in [0, 0.1) is 0 Å². The summed E-state index contributed by atoms with van der Waals surface area (Å²) in [4.78, 5) is 27.5. The molecule has 0 unspecified atom stereocenters. The Morgan fingerprint density at radius 2 is 1.61 bits per heavy atom. The Kier molecular flexibility index (Phi) is 7.66. The molecule has 3 aromatic rings. The topological polar surface area (TPSA) is 85.7 Å². The minimum absolute atomic E-state index is 0.0697. The maximum Gasteiger partial charge on any atom is 0.573 e. The first-order valence-electron chi connectivity index (χ1n) is 12.2. The van der Waals surface area contributed by atoms with Crippen molar-refractivity contribution in [2.24, 2.45) is 0 Å². The summed E-state index contributed by atoms with van der Waals surface area (Å²) >= 11 is 0. The van der Waals surface area contributed by atoms with Gasteiger partial charge in [-0.15, -0.1) is 13.2 Å². The average molecular weight is 531 g/mol. The monoisotopic (exact) mass is 530 g/mol. The minimum Gasteiger partial charge on any atom is -0.444 e. The summed E-state index contributed by atoms with van der Waals surface area (Å²) in [7, 11) is 0. The Morgan fingerprint density at radius 1 is 0.974 bits per heavy atom. The molecule has 1 aromatic heterocycles. The third-order valence-electron chi connectivity index (χ3n) is 5.93. The molecule has 1 aliphatic rings. The average Bonchev–Trinajstić information content (AvgIpc) is 3.29. The van der Waals surface area contributed by atoms with E-state index < -0.39 is 17.9 Å². The number of amides is 2. The number of para-hydroxylation sites is 1. The SMILES string of the molecule is CC(C)(C)OC(=O)N1CCC(c2c(C(=O)Nc3ccc(OC(F)(F)F)cc3)cnn2-c2ccccc2)CC1. The maximum absolute atomic E-state index is 13.3. The third kappa shape index (κ3) is 6.84. The van der Waals surface area contributed by atoms with Crippen LogP contribution in [0.5, 0.6) is 5.75 Å². The number of alkyl halides is 3. The molecule has 0 atom stereocenters. The van der Waals surface area contributed by atoms with Crippen LogP contribution in [0.4, 0.5) is 23.7 Å². The van der Waals surface area contributed by atoms with Crippen LogP contribution in [0.2, 0.25) is 0 Å². The molecule has 8 nitrogen and oxygen atoms in total. The molecular formula is C27H29F3N4O4. The second-order valence-electron chi connectivity index (χ2n) is 9.96. The summed E-state index contributed by atoms with van der Waals surface area (Å²) in [5, 5.41) is 7.22. The number of carbonyl (C=O) groups excluding carboxylic acids is 2. The summed E-state index contributed by atoms with van der Waals surface area (Å²) in [5.41, 5.74) is 1.55. The lowest BCUT2D eigenvalue weighted by molar-refractivity contribution is -0.274. The number of aromatic nitrogens is 2. The van der Waals surface area contributed by atoms with Crippen molar-refractivity contribution < 1.29 is 32.2 Å². The Labute approximate surface area is 218 Å². The van der Waals surface area contributed by atoms with Gasteiger partial charge in [0.25, 0.3) is 5.91 Å². The zero-order chi connectivity index (χ0) is 27.5. The molecule has 4 rings (SSSR count). The molecule has 1 saturated heterocycles. The molecule has 2 aromatic carbocycles. The predicted octanol–water partition coefficient (Wildman–Crippen LogP) is 6.14. The van der Waals surface area contributed by atoms with E-state index >= 15 is 0 Å². The zero-order valence-electron chi connectivity index (χ0n) is 21.3. The van der Waals surface area contributed by atoms with Crippen molar-refractivity contribution in [1.29, 1.82) is 0 Å². The minimum atomic E-state index is -4.80. The van der Waals surface area contributed by atoms with Crippen LogP contribution in [0.1, 0.15) is 55.6 Å². The van der Waals surface area contributed by atoms with E-state index in [2.05, 4.69) is 15.2 Å². The molecule has 1 fully saturated rings. The highest BCUT2D eigenvalue weighted by atomic mass is 19.4. The number of piperidine rings is 1. The summed E-state index contributed by atoms with van der Waals surface area (Å²) in [6, 6.07) is 14.3. The van der Waals surface area contributed by atoms with Crippen molar-refractivity contribution in [3.63, 3.8) is 0 Å². The van der Waals surface area contributed by atoms with Crippen LogP contribution in [0.15, 0.2) is 60.8 Å². The van der Waals surface area contributed by atoms with Crippen LogP contribution < -0.4 is 10.1 Å². The van der Waals surface area contributed by atoms with E-state index in [0.717, 1.165) is 17.8 Å². The molecule has 202 valence electrons. The van der Waals surface area contributed by atoms with E-state index in [0.29, 0.717) is 42.9 Å². The number of hydrogen-bond acceptors (Lipinski definition) is 5. The summed E-state index contributed by atoms with van der Waals surface area (Å²) in [5.74, 6) is -0.897. The summed E-state index contributed by atoms with van der Waals surface area (Å²) in [6.45, 7) is 6.37. The van der Waals surface area contributed by atoms with E-state index in [-0.39, 0.29) is 17.8 Å². The zero-order valence-corrected chi connectivity index (χ0v) is 21.3. The molecule has 2 amide bonds. The van der Waals surface area contributed by atoms with Gasteiger partial charge >= 0.3 is 12.5 Å². The first-order valence-corrected chi connectivity index (χ1v) is 12.2. The molecular weight excluding hydrogens is 501 g/mol. The van der Waals surface area contributed by atoms with Crippen molar-refractivity contribution in [3.8, 4) is 11.4 Å². The number of carbonyl (C=O) groups is 2. The number of likely N-dealkylation sites (tertiary alicyclic amines) is 1. The normalized spacial score (nSPS) is 14.7. The third-order valence-corrected chi connectivity index (χ3v) is 5.93. The Hall–Kier alpha value is -4.02. The van der Waals surface area contributed by atoms with Gasteiger partial charge in [-0.05, 0) is 70.0 Å². The van der Waals surface area contributed by atoms with Gasteiger partial charge in [0.1, 0.15) is 11.4 Å². The summed E-state index contributed by atoms with van der Waals surface area (Å²) < 4.78 is 48.4. The number of ether oxygens (including phenoxy) is 2. The molecule has 0 radical (unpaired) electrons. The molecule has 38 heavy (non-hydrogen) atoms. The lowest BCUT2D eigenvalue weighted by Crippen LogP contribution is -2.41. The molecule has 0 bridgehead atoms. The standard InChI is InChI=1S/C27H29F3N4O4/c1-26(2,3)38-25(36)33-15-13-18(14-16-33)23-22(17-31-34(23)20-7-5-4-6-8-20)24(35)32-19-9-11-21(12-10-19)37-27(28,29)30/h4-12,17-18H,13-16H2,1-3H3,(H,32,35). The Balaban J connectivity index is 1.55. The first-order chi connectivity index (χ1) is 17.9. The van der Waals surface area contributed by atoms with Gasteiger partial charge in [0.2, 0.25) is 0 Å². The maximum atomic E-state index is 13.3. The molecule has 1 N–H and O–H groups in total. The van der Waals surface area contributed by atoms with E-state index in [1.165, 1.54) is 18.3 Å². The molecule has 0 saturated carbocycles. The number of nitrogens with one attached hydrogen (secondary N) is 1. The fourth-order valence-electron chi connectivity index (χ4n) is 4.30. The van der Waals surface area contributed by atoms with Crippen molar-refractivity contribution >= 4 is 17.7 Å². The smallest absolute Gasteiger partial charge is 0.444 e. The first kappa shape index (κ1) is 27.0. The number of halogens is 3. The second kappa shape index (κ2) is 10.8. The Morgan fingerprint density at radius 3 is 2.18 bits per heavy atom. The lowest BCUT2D eigenvalue weighted by atomic mass is 9.90. The van der Waals surface area contributed by atoms with E-state index in [1.807, 2.05) is 51.1 Å². The fourth-order valence-corrected chi connectivity index (χ4v) is 4.30. The molecule has 11 heteroatoms. The van der Waals surface area contributed by atoms with Gasteiger partial charge in [-0.1, -0.05) is 18.2 Å². The van der Waals surface area contributed by atoms with Crippen molar-refractivity contribution in [2.45, 2.75) is 51.5 Å². The van der Waals surface area contributed by atoms with Gasteiger partial charge in [-0.25, -0.2) is 9.48 Å². The quantitative estimate of drug-likeness (QED) is 0.429. The van der Waals surface area contributed by atoms with Crippen molar-refractivity contribution in [1.82, 2.24) is 14.7 Å². The summed E-state index contributed by atoms with van der Waals surface area (Å²) in [6.07, 6.45) is -2.49. The van der Waals surface area contributed by atoms with Gasteiger partial charge < -0.3 is 19.7 Å². The number of anilines is 1. The predicted molar refractivity (Wildman–Crippen MR) is 134 cm³/mol. The van der Waals surface area contributed by atoms with Crippen molar-refractivity contribution in [2.75, 3.05) is 18.4 Å². The van der Waals surface area contributed by atoms with Crippen LogP contribution in [0.25, 0.3) is 5.69 Å². The van der Waals surface area contributed by atoms with Gasteiger partial charge in [0.15, 0.2) is 0 Å². The highest BCUT2D eigenvalue weighted by molar-refractivity contribution is 6.05. The highest BCUT2D eigenvalue weighted by Gasteiger charge is 2.33. The van der Waals surface area contributed by atoms with E-state index in [4.69, 9.17) is 4.74 Å². The van der Waals surface area contributed by atoms with Gasteiger partial charge in [-0.2, -0.15) is 5.10 Å². The molecule has 0 spiro atoms. The number of benzene rings is 2. The highest BCUT2D eigenvalue weighted by Crippen LogP contribution is 2.33. The fraction of sp³-hybridized carbons (Fsp3) is 0.370. The van der Waals surface area contributed by atoms with Crippen LogP contribution in [-0.2, 0) is 4.74 Å². The van der Waals surface area contributed by atoms with Crippen LogP contribution >= 0.6 is 0 Å². The number of rotatable bonds is 5. The number of hydrogen-bond donors (Lipinski definition) is 1. The van der Waals surface area contributed by atoms with Crippen LogP contribution in [0.3, 0.4) is 0 Å². The van der Waals surface area contributed by atoms with Gasteiger partial charge in [0.05, 0.1) is 23.1 Å². The van der Waals surface area contributed by atoms with E-state index in [1.54, 1.807) is 9.58 Å². The lowest BCUT2D eigenvalue weighted by Gasteiger charge is -2.34. The second-order valence-corrected chi connectivity index (χ2v) is 9.96. The number of nitrogens with zero attached hydrogens (tertiary/aromatic N) is 3. The van der Waals surface area contributed by atoms with Gasteiger partial charge in [-0.3, -0.25) is 4.79 Å². The van der Waals surface area contributed by atoms with Crippen LogP contribution in [-0.4, -0.2) is 51.7 Å². The molecule has 0 aliphatic carbocycles.